The molecule has 0 spiro atoms. The zero-order valence-electron chi connectivity index (χ0n) is 6.20. The number of alkyl halides is 3. The third-order valence-corrected chi connectivity index (χ3v) is 2.46. The molecular weight excluding hydrogens is 317 g/mol. The third kappa shape index (κ3) is 2.25. The van der Waals surface area contributed by atoms with Gasteiger partial charge in [-0.2, -0.15) is 0 Å². The fourth-order valence-electron chi connectivity index (χ4n) is 0.833. The summed E-state index contributed by atoms with van der Waals surface area (Å²) in [6.07, 6.45) is -1.73. The summed E-state index contributed by atoms with van der Waals surface area (Å²) in [5.74, 6) is -1.00. The van der Waals surface area contributed by atoms with Crippen LogP contribution in [0.25, 0.3) is 0 Å². The molecule has 72 valence electrons. The zero-order chi connectivity index (χ0) is 10.0. The van der Waals surface area contributed by atoms with E-state index < -0.39 is 17.9 Å². The molecule has 1 aromatic rings. The molecule has 0 N–H and O–H groups in total. The van der Waals surface area contributed by atoms with Crippen molar-refractivity contribution in [3.63, 3.8) is 0 Å². The highest BCUT2D eigenvalue weighted by Crippen LogP contribution is 2.26. The lowest BCUT2D eigenvalue weighted by Gasteiger charge is -2.06. The minimum absolute atomic E-state index is 0.192. The first-order valence-electron chi connectivity index (χ1n) is 3.24. The lowest BCUT2D eigenvalue weighted by Crippen LogP contribution is -2.02. The maximum atomic E-state index is 13.2. The fourth-order valence-corrected chi connectivity index (χ4v) is 1.55. The van der Waals surface area contributed by atoms with Crippen molar-refractivity contribution in [2.75, 3.05) is 0 Å². The van der Waals surface area contributed by atoms with Crippen LogP contribution in [0.3, 0.4) is 0 Å². The van der Waals surface area contributed by atoms with Gasteiger partial charge in [-0.25, -0.2) is 13.2 Å². The number of rotatable bonds is 2. The van der Waals surface area contributed by atoms with Gasteiger partial charge in [-0.05, 0) is 22.6 Å². The molecule has 13 heavy (non-hydrogen) atoms. The fraction of sp³-hybridized carbons (Fsp3) is 0.286. The van der Waals surface area contributed by atoms with Crippen LogP contribution in [0.5, 0.6) is 0 Å². The summed E-state index contributed by atoms with van der Waals surface area (Å²) in [5, 5.41) is 0. The first-order valence-corrected chi connectivity index (χ1v) is 4.86. The summed E-state index contributed by atoms with van der Waals surface area (Å²) >= 11 is 7.01. The van der Waals surface area contributed by atoms with Gasteiger partial charge < -0.3 is 0 Å². The smallest absolute Gasteiger partial charge is 0.254 e. The third-order valence-electron chi connectivity index (χ3n) is 1.44. The number of halogens is 5. The second kappa shape index (κ2) is 4.45. The van der Waals surface area contributed by atoms with Crippen LogP contribution < -0.4 is 0 Å². The van der Waals surface area contributed by atoms with Crippen LogP contribution in [0.2, 0.25) is 0 Å². The van der Waals surface area contributed by atoms with E-state index in [1.54, 1.807) is 22.6 Å². The van der Waals surface area contributed by atoms with E-state index in [-0.39, 0.29) is 15.0 Å². The lowest BCUT2D eigenvalue weighted by atomic mass is 10.2. The van der Waals surface area contributed by atoms with Gasteiger partial charge in [0.2, 0.25) is 0 Å². The molecule has 0 unspecified atom stereocenters. The Morgan fingerprint density at radius 2 is 2.15 bits per heavy atom. The van der Waals surface area contributed by atoms with Crippen molar-refractivity contribution in [2.45, 2.75) is 12.3 Å². The lowest BCUT2D eigenvalue weighted by molar-refractivity contribution is 0.144. The van der Waals surface area contributed by atoms with Crippen LogP contribution in [0.15, 0.2) is 6.20 Å². The van der Waals surface area contributed by atoms with E-state index in [1.165, 1.54) is 0 Å². The molecule has 0 fully saturated rings. The van der Waals surface area contributed by atoms with Crippen LogP contribution in [0, 0.1) is 9.39 Å². The first kappa shape index (κ1) is 11.0. The van der Waals surface area contributed by atoms with Crippen LogP contribution >= 0.6 is 34.2 Å². The van der Waals surface area contributed by atoms with Gasteiger partial charge in [0.05, 0.1) is 9.45 Å². The van der Waals surface area contributed by atoms with E-state index in [2.05, 4.69) is 4.98 Å². The molecule has 6 heteroatoms. The number of nitrogens with zero attached hydrogens (tertiary/aromatic N) is 1. The van der Waals surface area contributed by atoms with Crippen LogP contribution in [-0.2, 0) is 5.88 Å². The minimum atomic E-state index is -2.79. The molecule has 0 aliphatic heterocycles. The molecule has 0 atom stereocenters. The highest BCUT2D eigenvalue weighted by atomic mass is 127. The van der Waals surface area contributed by atoms with Crippen molar-refractivity contribution in [1.29, 1.82) is 0 Å². The van der Waals surface area contributed by atoms with Gasteiger partial charge in [-0.15, -0.1) is 11.6 Å². The van der Waals surface area contributed by atoms with Crippen molar-refractivity contribution < 1.29 is 13.2 Å². The molecule has 0 radical (unpaired) electrons. The van der Waals surface area contributed by atoms with Gasteiger partial charge in [-0.3, -0.25) is 4.98 Å². The normalized spacial score (nSPS) is 10.9. The SMILES string of the molecule is Fc1c(I)cnc(C(F)F)c1CCl. The van der Waals surface area contributed by atoms with Gasteiger partial charge in [0.25, 0.3) is 6.43 Å². The van der Waals surface area contributed by atoms with Gasteiger partial charge in [0.1, 0.15) is 11.5 Å². The van der Waals surface area contributed by atoms with E-state index in [0.29, 0.717) is 0 Å². The number of hydrogen-bond donors (Lipinski definition) is 0. The van der Waals surface area contributed by atoms with E-state index in [0.717, 1.165) is 6.20 Å². The average Bonchev–Trinajstić information content (AvgIpc) is 2.09. The number of aromatic nitrogens is 1. The summed E-state index contributed by atoms with van der Waals surface area (Å²) in [6, 6.07) is 0. The molecule has 0 aromatic carbocycles. The monoisotopic (exact) mass is 321 g/mol. The summed E-state index contributed by atoms with van der Waals surface area (Å²) < 4.78 is 37.8. The maximum Gasteiger partial charge on any atom is 0.280 e. The second-order valence-electron chi connectivity index (χ2n) is 2.22. The molecule has 1 aromatic heterocycles. The molecular formula is C7H4ClF3IN. The Kier molecular flexibility index (Phi) is 3.78. The molecule has 0 amide bonds. The molecule has 1 rings (SSSR count). The van der Waals surface area contributed by atoms with Crippen LogP contribution in [-0.4, -0.2) is 4.98 Å². The van der Waals surface area contributed by atoms with Crippen LogP contribution in [0.1, 0.15) is 17.7 Å². The van der Waals surface area contributed by atoms with Gasteiger partial charge in [-0.1, -0.05) is 0 Å². The molecule has 0 bridgehead atoms. The molecule has 1 nitrogen and oxygen atoms in total. The Hall–Kier alpha value is -0.0400. The maximum absolute atomic E-state index is 13.2. The van der Waals surface area contributed by atoms with Crippen molar-refractivity contribution in [3.8, 4) is 0 Å². The Bertz CT molecular complexity index is 319. The summed E-state index contributed by atoms with van der Waals surface area (Å²) in [7, 11) is 0. The van der Waals surface area contributed by atoms with E-state index >= 15 is 0 Å². The average molecular weight is 321 g/mol. The van der Waals surface area contributed by atoms with E-state index in [4.69, 9.17) is 11.6 Å². The second-order valence-corrected chi connectivity index (χ2v) is 3.65. The zero-order valence-corrected chi connectivity index (χ0v) is 9.11. The standard InChI is InChI=1S/C7H4ClF3IN/c8-1-3-5(9)4(12)2-13-6(3)7(10)11/h2,7H,1H2. The molecule has 0 aliphatic carbocycles. The molecule has 1 heterocycles. The topological polar surface area (TPSA) is 12.9 Å². The minimum Gasteiger partial charge on any atom is -0.254 e. The predicted molar refractivity (Wildman–Crippen MR) is 51.4 cm³/mol. The Balaban J connectivity index is 3.30. The van der Waals surface area contributed by atoms with Crippen molar-refractivity contribution in [1.82, 2.24) is 4.98 Å². The molecule has 0 aliphatic rings. The summed E-state index contributed by atoms with van der Waals surface area (Å²) in [4.78, 5) is 3.43. The summed E-state index contributed by atoms with van der Waals surface area (Å²) in [6.45, 7) is 0. The largest absolute Gasteiger partial charge is 0.280 e. The number of pyridine rings is 1. The van der Waals surface area contributed by atoms with Gasteiger partial charge in [0.15, 0.2) is 0 Å². The van der Waals surface area contributed by atoms with E-state index in [9.17, 15) is 13.2 Å². The van der Waals surface area contributed by atoms with E-state index in [1.807, 2.05) is 0 Å². The quantitative estimate of drug-likeness (QED) is 0.600. The Morgan fingerprint density at radius 1 is 1.54 bits per heavy atom. The summed E-state index contributed by atoms with van der Waals surface area (Å²) in [5.41, 5.74) is -0.795. The van der Waals surface area contributed by atoms with Crippen molar-refractivity contribution >= 4 is 34.2 Å². The van der Waals surface area contributed by atoms with Gasteiger partial charge >= 0.3 is 0 Å². The van der Waals surface area contributed by atoms with Crippen LogP contribution in [0.4, 0.5) is 13.2 Å². The Morgan fingerprint density at radius 3 is 2.62 bits per heavy atom. The van der Waals surface area contributed by atoms with Crippen molar-refractivity contribution in [2.24, 2.45) is 0 Å². The van der Waals surface area contributed by atoms with Gasteiger partial charge in [0, 0.05) is 11.8 Å². The Labute approximate surface area is 91.4 Å². The molecule has 0 saturated heterocycles. The van der Waals surface area contributed by atoms with Crippen molar-refractivity contribution in [3.05, 3.63) is 26.8 Å². The molecule has 0 saturated carbocycles. The highest BCUT2D eigenvalue weighted by molar-refractivity contribution is 14.1. The predicted octanol–water partition coefficient (Wildman–Crippen LogP) is 3.50. The highest BCUT2D eigenvalue weighted by Gasteiger charge is 2.19. The first-order chi connectivity index (χ1) is 6.07. The number of hydrogen-bond acceptors (Lipinski definition) is 1.